The number of carbonyl (C=O) groups excluding carboxylic acids is 1. The molecule has 5 aromatic rings. The van der Waals surface area contributed by atoms with Crippen molar-refractivity contribution in [1.29, 1.82) is 0 Å². The number of carbonyl (C=O) groups is 1. The Morgan fingerprint density at radius 3 is 2.37 bits per heavy atom. The summed E-state index contributed by atoms with van der Waals surface area (Å²) in [6.45, 7) is 1.88. The van der Waals surface area contributed by atoms with Gasteiger partial charge in [-0.2, -0.15) is 19.0 Å². The van der Waals surface area contributed by atoms with Gasteiger partial charge in [0.05, 0.1) is 39.8 Å². The van der Waals surface area contributed by atoms with Gasteiger partial charge in [-0.3, -0.25) is 18.9 Å². The maximum Gasteiger partial charge on any atom is 0.304 e. The van der Waals surface area contributed by atoms with Crippen molar-refractivity contribution in [3.8, 4) is 34.8 Å². The summed E-state index contributed by atoms with van der Waals surface area (Å²) in [6.07, 6.45) is -2.68. The van der Waals surface area contributed by atoms with Gasteiger partial charge in [-0.25, -0.2) is 31.0 Å². The third kappa shape index (κ3) is 7.64. The van der Waals surface area contributed by atoms with Gasteiger partial charge in [0, 0.05) is 29.8 Å². The molecule has 0 fully saturated rings. The number of aliphatic hydroxyl groups is 1. The van der Waals surface area contributed by atoms with Crippen molar-refractivity contribution in [3.05, 3.63) is 93.0 Å². The summed E-state index contributed by atoms with van der Waals surface area (Å²) in [5.41, 5.74) is -2.70. The molecule has 0 aliphatic heterocycles. The summed E-state index contributed by atoms with van der Waals surface area (Å²) >= 11 is 6.57. The van der Waals surface area contributed by atoms with E-state index in [2.05, 4.69) is 43.9 Å². The highest BCUT2D eigenvalue weighted by Gasteiger charge is 2.60. The molecule has 0 spiro atoms. The van der Waals surface area contributed by atoms with Crippen LogP contribution in [0.1, 0.15) is 66.1 Å². The van der Waals surface area contributed by atoms with E-state index < -0.39 is 86.9 Å². The van der Waals surface area contributed by atoms with Crippen LogP contribution in [0, 0.1) is 41.2 Å². The van der Waals surface area contributed by atoms with E-state index in [1.54, 1.807) is 12.1 Å². The zero-order valence-electron chi connectivity index (χ0n) is 30.2. The monoisotopic (exact) mass is 829 g/mol. The van der Waals surface area contributed by atoms with Gasteiger partial charge in [0.2, 0.25) is 15.9 Å². The van der Waals surface area contributed by atoms with E-state index in [4.69, 9.17) is 16.6 Å². The smallest absolute Gasteiger partial charge is 0.304 e. The molecular formula is C38H30ClF6N7O4S. The van der Waals surface area contributed by atoms with Crippen molar-refractivity contribution in [2.24, 2.45) is 13.0 Å². The molecule has 2 aromatic carbocycles. The first kappa shape index (κ1) is 39.7. The largest absolute Gasteiger partial charge is 0.378 e. The molecule has 0 saturated heterocycles. The van der Waals surface area contributed by atoms with Crippen LogP contribution in [0.5, 0.6) is 0 Å². The molecule has 2 aliphatic carbocycles. The molecule has 19 heteroatoms. The number of aryl methyl sites for hydroxylation is 1. The molecule has 57 heavy (non-hydrogen) atoms. The Morgan fingerprint density at radius 2 is 1.75 bits per heavy atom. The predicted octanol–water partition coefficient (Wildman–Crippen LogP) is 6.12. The molecule has 296 valence electrons. The first-order valence-corrected chi connectivity index (χ1v) is 19.3. The minimum atomic E-state index is -3.84. The number of benzene rings is 2. The van der Waals surface area contributed by atoms with E-state index in [-0.39, 0.29) is 45.2 Å². The fourth-order valence-electron chi connectivity index (χ4n) is 7.02. The van der Waals surface area contributed by atoms with Gasteiger partial charge in [-0.05, 0) is 62.1 Å². The van der Waals surface area contributed by atoms with Crippen LogP contribution >= 0.6 is 11.6 Å². The van der Waals surface area contributed by atoms with Crippen molar-refractivity contribution in [2.75, 3.05) is 11.0 Å². The number of pyridine rings is 1. The second kappa shape index (κ2) is 14.1. The predicted molar refractivity (Wildman–Crippen MR) is 197 cm³/mol. The summed E-state index contributed by atoms with van der Waals surface area (Å²) in [4.78, 5) is 18.7. The van der Waals surface area contributed by atoms with Crippen LogP contribution in [0.3, 0.4) is 0 Å². The SMILES string of the molecule is Cn1nc(NS(C)(=O)=O)c2c(Cl)ccc(-c3ccc(C#CC(C)(C)O)nc3[C@H](Cc3cc(F)cc(F)c3)NC(=O)Cn3nc(C(F)F)c4c3C(F)(F)[C@@H]3C#C[C@H]43)c21. The van der Waals surface area contributed by atoms with Crippen LogP contribution in [-0.4, -0.2) is 55.8 Å². The molecule has 7 rings (SSSR count). The Labute approximate surface area is 326 Å². The minimum absolute atomic E-state index is 0.00810. The molecule has 0 saturated carbocycles. The molecule has 11 nitrogen and oxygen atoms in total. The van der Waals surface area contributed by atoms with Gasteiger partial charge in [0.15, 0.2) is 5.82 Å². The lowest BCUT2D eigenvalue weighted by Gasteiger charge is -2.24. The molecule has 3 heterocycles. The first-order chi connectivity index (χ1) is 26.6. The number of rotatable bonds is 10. The number of halogens is 7. The topological polar surface area (TPSA) is 144 Å². The minimum Gasteiger partial charge on any atom is -0.378 e. The molecule has 3 N–H and O–H groups in total. The number of anilines is 1. The number of alkyl halides is 4. The highest BCUT2D eigenvalue weighted by Crippen LogP contribution is 2.57. The van der Waals surface area contributed by atoms with Crippen LogP contribution < -0.4 is 10.0 Å². The normalized spacial score (nSPS) is 17.2. The molecule has 1 amide bonds. The van der Waals surface area contributed by atoms with E-state index in [0.717, 1.165) is 18.4 Å². The van der Waals surface area contributed by atoms with Crippen LogP contribution in [0.4, 0.5) is 32.2 Å². The van der Waals surface area contributed by atoms with Crippen molar-refractivity contribution in [3.63, 3.8) is 0 Å². The Balaban J connectivity index is 1.39. The number of aromatic nitrogens is 5. The Hall–Kier alpha value is -5.56. The van der Waals surface area contributed by atoms with Crippen molar-refractivity contribution >= 4 is 44.3 Å². The third-order valence-electron chi connectivity index (χ3n) is 9.22. The Kier molecular flexibility index (Phi) is 9.83. The molecule has 0 radical (unpaired) electrons. The molecule has 3 atom stereocenters. The van der Waals surface area contributed by atoms with Crippen molar-refractivity contribution < 1.29 is 44.7 Å². The van der Waals surface area contributed by atoms with Crippen LogP contribution in [0.15, 0.2) is 42.5 Å². The number of sulfonamides is 1. The van der Waals surface area contributed by atoms with Gasteiger partial charge in [0.25, 0.3) is 6.43 Å². The average molecular weight is 830 g/mol. The van der Waals surface area contributed by atoms with Gasteiger partial charge in [0.1, 0.15) is 46.8 Å². The summed E-state index contributed by atoms with van der Waals surface area (Å²) < 4.78 is 117. The van der Waals surface area contributed by atoms with Gasteiger partial charge in [-0.15, -0.1) is 0 Å². The van der Waals surface area contributed by atoms with Crippen LogP contribution in [-0.2, 0) is 40.8 Å². The number of nitrogens with zero attached hydrogens (tertiary/aromatic N) is 5. The zero-order valence-corrected chi connectivity index (χ0v) is 31.8. The highest BCUT2D eigenvalue weighted by molar-refractivity contribution is 7.92. The lowest BCUT2D eigenvalue weighted by atomic mass is 9.84. The second-order valence-corrected chi connectivity index (χ2v) is 16.3. The molecule has 2 aliphatic rings. The number of nitrogens with one attached hydrogen (secondary N) is 2. The summed E-state index contributed by atoms with van der Waals surface area (Å²) in [6, 6.07) is 7.38. The average Bonchev–Trinajstić information content (AvgIpc) is 3.63. The van der Waals surface area contributed by atoms with E-state index in [0.29, 0.717) is 21.8 Å². The maximum atomic E-state index is 15.5. The van der Waals surface area contributed by atoms with Crippen LogP contribution in [0.25, 0.3) is 22.0 Å². The molecular weight excluding hydrogens is 800 g/mol. The zero-order chi connectivity index (χ0) is 41.4. The lowest BCUT2D eigenvalue weighted by molar-refractivity contribution is -0.123. The van der Waals surface area contributed by atoms with Gasteiger partial charge < -0.3 is 10.4 Å². The van der Waals surface area contributed by atoms with Crippen molar-refractivity contribution in [1.82, 2.24) is 29.9 Å². The fraction of sp³-hybridized carbons (Fsp3) is 0.316. The van der Waals surface area contributed by atoms with Crippen molar-refractivity contribution in [2.45, 2.75) is 56.7 Å². The summed E-state index contributed by atoms with van der Waals surface area (Å²) in [5.74, 6) is 0.754. The summed E-state index contributed by atoms with van der Waals surface area (Å²) in [7, 11) is -2.32. The quantitative estimate of drug-likeness (QED) is 0.114. The maximum absolute atomic E-state index is 15.5. The van der Waals surface area contributed by atoms with E-state index in [9.17, 15) is 35.9 Å². The number of amides is 1. The highest BCUT2D eigenvalue weighted by atomic mass is 35.5. The van der Waals surface area contributed by atoms with E-state index >= 15 is 8.78 Å². The molecule has 3 aromatic heterocycles. The Bertz CT molecular complexity index is 2720. The van der Waals surface area contributed by atoms with Gasteiger partial charge >= 0.3 is 5.92 Å². The first-order valence-electron chi connectivity index (χ1n) is 17.0. The molecule has 0 bridgehead atoms. The number of hydrogen-bond donors (Lipinski definition) is 3. The lowest BCUT2D eigenvalue weighted by Crippen LogP contribution is -2.36. The standard InChI is InChI=1S/C38H30ClF6N7O4S/c1-37(2,54)12-11-21-5-6-22(23-8-10-26(39)30-33(23)51(3)49-36(30)50-57(4,55)56)31(46-21)27(15-18-13-19(40)16-20(41)14-18)47-28(53)17-52-34-29(32(48-52)35(42)43)24-7-9-25(24)38(34,44)45/h5-6,8,10,13-14,16,24-25,27,35,54H,15,17H2,1-4H3,(H,47,53)(H,49,50)/t24-,25+,27-/m0/s1. The third-order valence-corrected chi connectivity index (χ3v) is 10.1. The number of fused-ring (bicyclic) bond motifs is 4. The fourth-order valence-corrected chi connectivity index (χ4v) is 7.75. The van der Waals surface area contributed by atoms with E-state index in [1.165, 1.54) is 37.7 Å². The Morgan fingerprint density at radius 1 is 1.07 bits per heavy atom. The van der Waals surface area contributed by atoms with Gasteiger partial charge in [-0.1, -0.05) is 35.4 Å². The van der Waals surface area contributed by atoms with E-state index in [1.807, 2.05) is 0 Å². The second-order valence-electron chi connectivity index (χ2n) is 14.2. The van der Waals surface area contributed by atoms with Crippen LogP contribution in [0.2, 0.25) is 5.02 Å². The summed E-state index contributed by atoms with van der Waals surface area (Å²) in [5, 5.41) is 21.3. The number of hydrogen-bond acceptors (Lipinski definition) is 7. The molecule has 0 unspecified atom stereocenters.